The first-order valence-electron chi connectivity index (χ1n) is 5.54. The van der Waals surface area contributed by atoms with Crippen molar-refractivity contribution in [1.29, 1.82) is 0 Å². The Morgan fingerprint density at radius 1 is 0.750 bits per heavy atom. The molecule has 0 nitrogen and oxygen atoms in total. The maximum Gasteiger partial charge on any atom is -0.0184 e. The van der Waals surface area contributed by atoms with E-state index >= 15 is 0 Å². The summed E-state index contributed by atoms with van der Waals surface area (Å²) in [6, 6.07) is 19.2. The highest BCUT2D eigenvalue weighted by Crippen LogP contribution is 2.19. The zero-order valence-electron chi connectivity index (χ0n) is 9.82. The van der Waals surface area contributed by atoms with Gasteiger partial charge >= 0.3 is 0 Å². The van der Waals surface area contributed by atoms with Gasteiger partial charge in [0.15, 0.2) is 0 Å². The summed E-state index contributed by atoms with van der Waals surface area (Å²) in [4.78, 5) is 0. The van der Waals surface area contributed by atoms with Gasteiger partial charge in [-0.3, -0.25) is 0 Å². The summed E-state index contributed by atoms with van der Waals surface area (Å²) in [5.41, 5.74) is 3.97. The summed E-state index contributed by atoms with van der Waals surface area (Å²) in [6.45, 7) is 8.18. The second kappa shape index (κ2) is 6.62. The maximum absolute atomic E-state index is 3.00. The minimum atomic E-state index is 1.11. The van der Waals surface area contributed by atoms with Gasteiger partial charge < -0.3 is 0 Å². The molecule has 0 atom stereocenters. The molecule has 0 aliphatic rings. The van der Waals surface area contributed by atoms with E-state index in [2.05, 4.69) is 68.6 Å². The van der Waals surface area contributed by atoms with Crippen molar-refractivity contribution in [3.63, 3.8) is 0 Å². The van der Waals surface area contributed by atoms with E-state index in [-0.39, 0.29) is 0 Å². The van der Waals surface area contributed by atoms with Gasteiger partial charge in [-0.15, -0.1) is 13.2 Å². The Kier molecular flexibility index (Phi) is 5.07. The molecule has 2 rings (SSSR count). The van der Waals surface area contributed by atoms with Crippen LogP contribution in [0.15, 0.2) is 67.8 Å². The van der Waals surface area contributed by atoms with Crippen LogP contribution in [-0.4, -0.2) is 0 Å². The van der Waals surface area contributed by atoms with Crippen molar-refractivity contribution in [3.8, 4) is 11.1 Å². The predicted molar refractivity (Wildman–Crippen MR) is 72.5 cm³/mol. The fraction of sp³-hybridized carbons (Fsp3) is 0.125. The van der Waals surface area contributed by atoms with Gasteiger partial charge in [-0.25, -0.2) is 0 Å². The van der Waals surface area contributed by atoms with Crippen LogP contribution in [0.4, 0.5) is 0 Å². The summed E-state index contributed by atoms with van der Waals surface area (Å²) in [5, 5.41) is 0. The monoisotopic (exact) mass is 210 g/mol. The zero-order chi connectivity index (χ0) is 11.8. The van der Waals surface area contributed by atoms with E-state index in [0.717, 1.165) is 6.42 Å². The highest BCUT2D eigenvalue weighted by molar-refractivity contribution is 5.63. The molecule has 0 aliphatic carbocycles. The van der Waals surface area contributed by atoms with Crippen molar-refractivity contribution >= 4 is 0 Å². The van der Waals surface area contributed by atoms with Gasteiger partial charge in [0.25, 0.3) is 0 Å². The van der Waals surface area contributed by atoms with E-state index in [0.29, 0.717) is 0 Å². The SMILES string of the molecule is C=C.CCc1ccc(-c2ccccc2)cc1. The molecule has 0 aliphatic heterocycles. The van der Waals surface area contributed by atoms with E-state index < -0.39 is 0 Å². The summed E-state index contributed by atoms with van der Waals surface area (Å²) in [6.07, 6.45) is 1.11. The van der Waals surface area contributed by atoms with E-state index in [4.69, 9.17) is 0 Å². The first-order valence-corrected chi connectivity index (χ1v) is 5.54. The quantitative estimate of drug-likeness (QED) is 0.629. The lowest BCUT2D eigenvalue weighted by atomic mass is 10.0. The molecule has 0 fully saturated rings. The Labute approximate surface area is 98.3 Å². The number of hydrogen-bond donors (Lipinski definition) is 0. The maximum atomic E-state index is 3.00. The lowest BCUT2D eigenvalue weighted by Crippen LogP contribution is -1.80. The van der Waals surface area contributed by atoms with Gasteiger partial charge in [0, 0.05) is 0 Å². The molecule has 0 saturated heterocycles. The highest BCUT2D eigenvalue weighted by atomic mass is 14.0. The van der Waals surface area contributed by atoms with Crippen LogP contribution in [-0.2, 0) is 6.42 Å². The first-order chi connectivity index (χ1) is 7.90. The predicted octanol–water partition coefficient (Wildman–Crippen LogP) is 4.72. The molecule has 16 heavy (non-hydrogen) atoms. The van der Waals surface area contributed by atoms with Crippen LogP contribution in [0.2, 0.25) is 0 Å². The van der Waals surface area contributed by atoms with Crippen LogP contribution >= 0.6 is 0 Å². The van der Waals surface area contributed by atoms with Crippen LogP contribution in [0, 0.1) is 0 Å². The largest absolute Gasteiger partial charge is 0.106 e. The molecule has 0 N–H and O–H groups in total. The molecule has 0 radical (unpaired) electrons. The fourth-order valence-corrected chi connectivity index (χ4v) is 1.56. The molecule has 0 saturated carbocycles. The average molecular weight is 210 g/mol. The van der Waals surface area contributed by atoms with Crippen molar-refractivity contribution in [2.24, 2.45) is 0 Å². The van der Waals surface area contributed by atoms with Crippen molar-refractivity contribution in [3.05, 3.63) is 73.3 Å². The van der Waals surface area contributed by atoms with Crippen LogP contribution in [0.25, 0.3) is 11.1 Å². The molecule has 0 bridgehead atoms. The fourth-order valence-electron chi connectivity index (χ4n) is 1.56. The van der Waals surface area contributed by atoms with Crippen LogP contribution in [0.1, 0.15) is 12.5 Å². The van der Waals surface area contributed by atoms with Crippen molar-refractivity contribution in [1.82, 2.24) is 0 Å². The van der Waals surface area contributed by atoms with E-state index in [1.807, 2.05) is 6.07 Å². The van der Waals surface area contributed by atoms with Crippen molar-refractivity contribution in [2.75, 3.05) is 0 Å². The van der Waals surface area contributed by atoms with Crippen molar-refractivity contribution in [2.45, 2.75) is 13.3 Å². The van der Waals surface area contributed by atoms with Crippen LogP contribution < -0.4 is 0 Å². The molecular formula is C16H18. The van der Waals surface area contributed by atoms with Gasteiger partial charge in [-0.05, 0) is 23.1 Å². The molecule has 2 aromatic rings. The van der Waals surface area contributed by atoms with Gasteiger partial charge in [-0.2, -0.15) is 0 Å². The Hall–Kier alpha value is -1.82. The van der Waals surface area contributed by atoms with E-state index in [9.17, 15) is 0 Å². The lowest BCUT2D eigenvalue weighted by molar-refractivity contribution is 1.14. The van der Waals surface area contributed by atoms with E-state index in [1.54, 1.807) is 0 Å². The lowest BCUT2D eigenvalue weighted by Gasteiger charge is -2.02. The molecule has 2 aromatic carbocycles. The molecule has 0 amide bonds. The normalized spacial score (nSPS) is 9.06. The summed E-state index contributed by atoms with van der Waals surface area (Å²) in [7, 11) is 0. The summed E-state index contributed by atoms with van der Waals surface area (Å²) in [5.74, 6) is 0. The van der Waals surface area contributed by atoms with Gasteiger partial charge in [0.05, 0.1) is 0 Å². The Balaban J connectivity index is 0.000000606. The smallest absolute Gasteiger partial charge is 0.0184 e. The highest BCUT2D eigenvalue weighted by Gasteiger charge is 1.95. The number of aryl methyl sites for hydroxylation is 1. The summed E-state index contributed by atoms with van der Waals surface area (Å²) >= 11 is 0. The number of hydrogen-bond acceptors (Lipinski definition) is 0. The number of benzene rings is 2. The second-order valence-corrected chi connectivity index (χ2v) is 3.42. The van der Waals surface area contributed by atoms with Gasteiger partial charge in [0.1, 0.15) is 0 Å². The number of rotatable bonds is 2. The van der Waals surface area contributed by atoms with Gasteiger partial charge in [-0.1, -0.05) is 61.5 Å². The third-order valence-electron chi connectivity index (χ3n) is 2.47. The molecule has 0 aromatic heterocycles. The van der Waals surface area contributed by atoms with Crippen LogP contribution in [0.3, 0.4) is 0 Å². The average Bonchev–Trinajstić information content (AvgIpc) is 2.42. The Morgan fingerprint density at radius 2 is 1.25 bits per heavy atom. The van der Waals surface area contributed by atoms with Crippen LogP contribution in [0.5, 0.6) is 0 Å². The molecular weight excluding hydrogens is 192 g/mol. The van der Waals surface area contributed by atoms with Crippen molar-refractivity contribution < 1.29 is 0 Å². The van der Waals surface area contributed by atoms with E-state index in [1.165, 1.54) is 16.7 Å². The molecule has 0 spiro atoms. The standard InChI is InChI=1S/C14H14.C2H4/c1-2-12-8-10-14(11-9-12)13-6-4-3-5-7-13;1-2/h3-11H,2H2,1H3;1-2H2. The Bertz CT molecular complexity index is 398. The minimum absolute atomic E-state index is 1.11. The molecule has 82 valence electrons. The third kappa shape index (κ3) is 3.09. The third-order valence-corrected chi connectivity index (χ3v) is 2.47. The minimum Gasteiger partial charge on any atom is -0.106 e. The van der Waals surface area contributed by atoms with Gasteiger partial charge in [0.2, 0.25) is 0 Å². The molecule has 0 heteroatoms. The second-order valence-electron chi connectivity index (χ2n) is 3.42. The molecule has 0 heterocycles. The summed E-state index contributed by atoms with van der Waals surface area (Å²) < 4.78 is 0. The topological polar surface area (TPSA) is 0 Å². The molecule has 0 unspecified atom stereocenters. The Morgan fingerprint density at radius 3 is 1.75 bits per heavy atom. The zero-order valence-corrected chi connectivity index (χ0v) is 9.82. The first kappa shape index (κ1) is 12.3.